The van der Waals surface area contributed by atoms with Gasteiger partial charge in [0, 0.05) is 24.2 Å². The van der Waals surface area contributed by atoms with Crippen molar-refractivity contribution in [1.82, 2.24) is 4.90 Å². The lowest BCUT2D eigenvalue weighted by Crippen LogP contribution is -2.42. The molecule has 3 heteroatoms. The maximum absolute atomic E-state index is 6.12. The monoisotopic (exact) mass is 238 g/mol. The molecule has 0 aromatic heterocycles. The van der Waals surface area contributed by atoms with E-state index in [1.165, 1.54) is 17.5 Å². The maximum Gasteiger partial charge on any atom is 0.0438 e. The third-order valence-corrected chi connectivity index (χ3v) is 3.73. The zero-order valence-electron chi connectivity index (χ0n) is 9.75. The van der Waals surface area contributed by atoms with Crippen LogP contribution in [0.1, 0.15) is 24.0 Å². The predicted octanol–water partition coefficient (Wildman–Crippen LogP) is 2.57. The fraction of sp³-hybridized carbons (Fsp3) is 0.538. The van der Waals surface area contributed by atoms with E-state index in [1.807, 2.05) is 12.1 Å². The van der Waals surface area contributed by atoms with Gasteiger partial charge in [-0.2, -0.15) is 0 Å². The summed E-state index contributed by atoms with van der Waals surface area (Å²) in [5.74, 6) is 0. The number of hydrogen-bond acceptors (Lipinski definition) is 2. The van der Waals surface area contributed by atoms with Crippen LogP contribution in [0.5, 0.6) is 0 Å². The molecule has 1 aromatic carbocycles. The third-order valence-electron chi connectivity index (χ3n) is 3.32. The molecule has 1 aliphatic heterocycles. The summed E-state index contributed by atoms with van der Waals surface area (Å²) in [6.45, 7) is 5.22. The lowest BCUT2D eigenvalue weighted by atomic mass is 10.0. The summed E-state index contributed by atoms with van der Waals surface area (Å²) in [6.07, 6.45) is 2.37. The highest BCUT2D eigenvalue weighted by atomic mass is 35.5. The van der Waals surface area contributed by atoms with E-state index < -0.39 is 0 Å². The second-order valence-electron chi connectivity index (χ2n) is 4.66. The van der Waals surface area contributed by atoms with Gasteiger partial charge in [-0.3, -0.25) is 4.90 Å². The minimum atomic E-state index is 0.341. The number of nitrogens with two attached hydrogens (primary N) is 1. The number of benzene rings is 1. The SMILES string of the molecule is Cc1c(Cl)cccc1CN1CCC[C@H](N)C1. The lowest BCUT2D eigenvalue weighted by Gasteiger charge is -2.31. The van der Waals surface area contributed by atoms with E-state index in [2.05, 4.69) is 17.9 Å². The molecule has 1 heterocycles. The lowest BCUT2D eigenvalue weighted by molar-refractivity contribution is 0.201. The molecule has 0 saturated carbocycles. The van der Waals surface area contributed by atoms with Gasteiger partial charge in [0.25, 0.3) is 0 Å². The summed E-state index contributed by atoms with van der Waals surface area (Å²) in [6, 6.07) is 6.46. The van der Waals surface area contributed by atoms with Crippen LogP contribution in [0.3, 0.4) is 0 Å². The molecule has 1 fully saturated rings. The van der Waals surface area contributed by atoms with Crippen LogP contribution >= 0.6 is 11.6 Å². The van der Waals surface area contributed by atoms with E-state index in [-0.39, 0.29) is 0 Å². The largest absolute Gasteiger partial charge is 0.327 e. The van der Waals surface area contributed by atoms with Gasteiger partial charge in [-0.1, -0.05) is 23.7 Å². The van der Waals surface area contributed by atoms with Gasteiger partial charge in [0.05, 0.1) is 0 Å². The average Bonchev–Trinajstić information content (AvgIpc) is 2.25. The molecule has 2 N–H and O–H groups in total. The van der Waals surface area contributed by atoms with Crippen molar-refractivity contribution in [3.05, 3.63) is 34.3 Å². The van der Waals surface area contributed by atoms with E-state index in [9.17, 15) is 0 Å². The molecule has 2 nitrogen and oxygen atoms in total. The van der Waals surface area contributed by atoms with Gasteiger partial charge in [0.2, 0.25) is 0 Å². The first-order valence-corrected chi connectivity index (χ1v) is 6.26. The van der Waals surface area contributed by atoms with Crippen LogP contribution in [0.4, 0.5) is 0 Å². The summed E-state index contributed by atoms with van der Waals surface area (Å²) in [4.78, 5) is 2.42. The first kappa shape index (κ1) is 11.9. The van der Waals surface area contributed by atoms with E-state index >= 15 is 0 Å². The van der Waals surface area contributed by atoms with Gasteiger partial charge in [-0.25, -0.2) is 0 Å². The summed E-state index contributed by atoms with van der Waals surface area (Å²) in [5, 5.41) is 0.860. The normalized spacial score (nSPS) is 22.3. The van der Waals surface area contributed by atoms with E-state index in [4.69, 9.17) is 17.3 Å². The van der Waals surface area contributed by atoms with Crippen LogP contribution in [0.2, 0.25) is 5.02 Å². The number of nitrogens with zero attached hydrogens (tertiary/aromatic N) is 1. The van der Waals surface area contributed by atoms with E-state index in [1.54, 1.807) is 0 Å². The van der Waals surface area contributed by atoms with E-state index in [0.29, 0.717) is 6.04 Å². The van der Waals surface area contributed by atoms with Crippen LogP contribution in [0.15, 0.2) is 18.2 Å². The standard InChI is InChI=1S/C13H19ClN2/c1-10-11(4-2-6-13(10)14)8-16-7-3-5-12(15)9-16/h2,4,6,12H,3,5,7-9,15H2,1H3/t12-/m0/s1. The van der Waals surface area contributed by atoms with Crippen LogP contribution in [-0.2, 0) is 6.54 Å². The summed E-state index contributed by atoms with van der Waals surface area (Å²) in [5.41, 5.74) is 8.50. The van der Waals surface area contributed by atoms with Crippen molar-refractivity contribution in [2.45, 2.75) is 32.4 Å². The third kappa shape index (κ3) is 2.76. The van der Waals surface area contributed by atoms with Crippen LogP contribution in [0, 0.1) is 6.92 Å². The number of piperidine rings is 1. The number of halogens is 1. The molecular weight excluding hydrogens is 220 g/mol. The zero-order chi connectivity index (χ0) is 11.5. The van der Waals surface area contributed by atoms with Crippen LogP contribution in [0.25, 0.3) is 0 Å². The summed E-state index contributed by atoms with van der Waals surface area (Å²) >= 11 is 6.12. The molecule has 1 saturated heterocycles. The molecule has 1 atom stereocenters. The summed E-state index contributed by atoms with van der Waals surface area (Å²) in [7, 11) is 0. The Morgan fingerprint density at radius 3 is 3.06 bits per heavy atom. The molecule has 1 aromatic rings. The van der Waals surface area contributed by atoms with Crippen molar-refractivity contribution >= 4 is 11.6 Å². The first-order chi connectivity index (χ1) is 7.66. The van der Waals surface area contributed by atoms with Crippen molar-refractivity contribution in [1.29, 1.82) is 0 Å². The fourth-order valence-electron chi connectivity index (χ4n) is 2.30. The van der Waals surface area contributed by atoms with Gasteiger partial charge in [-0.15, -0.1) is 0 Å². The minimum Gasteiger partial charge on any atom is -0.327 e. The Kier molecular flexibility index (Phi) is 3.85. The summed E-state index contributed by atoms with van der Waals surface area (Å²) < 4.78 is 0. The molecule has 0 bridgehead atoms. The molecule has 2 rings (SSSR count). The molecule has 16 heavy (non-hydrogen) atoms. The molecule has 0 spiro atoms. The Morgan fingerprint density at radius 1 is 1.50 bits per heavy atom. The molecule has 0 aliphatic carbocycles. The highest BCUT2D eigenvalue weighted by molar-refractivity contribution is 6.31. The van der Waals surface area contributed by atoms with Gasteiger partial charge in [0.15, 0.2) is 0 Å². The zero-order valence-corrected chi connectivity index (χ0v) is 10.5. The number of hydrogen-bond donors (Lipinski definition) is 1. The molecule has 1 aliphatic rings. The average molecular weight is 239 g/mol. The van der Waals surface area contributed by atoms with Crippen molar-refractivity contribution in [3.8, 4) is 0 Å². The highest BCUT2D eigenvalue weighted by Gasteiger charge is 2.17. The molecule has 0 amide bonds. The molecule has 88 valence electrons. The second-order valence-corrected chi connectivity index (χ2v) is 5.07. The predicted molar refractivity (Wildman–Crippen MR) is 68.7 cm³/mol. The quantitative estimate of drug-likeness (QED) is 0.858. The highest BCUT2D eigenvalue weighted by Crippen LogP contribution is 2.21. The topological polar surface area (TPSA) is 29.3 Å². The van der Waals surface area contributed by atoms with Crippen molar-refractivity contribution in [2.75, 3.05) is 13.1 Å². The van der Waals surface area contributed by atoms with Gasteiger partial charge in [-0.05, 0) is 43.5 Å². The maximum atomic E-state index is 6.12. The molecule has 0 unspecified atom stereocenters. The molecular formula is C13H19ClN2. The Bertz CT molecular complexity index is 365. The Balaban J connectivity index is 2.05. The van der Waals surface area contributed by atoms with Gasteiger partial charge >= 0.3 is 0 Å². The van der Waals surface area contributed by atoms with Gasteiger partial charge in [0.1, 0.15) is 0 Å². The smallest absolute Gasteiger partial charge is 0.0438 e. The second kappa shape index (κ2) is 5.17. The Morgan fingerprint density at radius 2 is 2.31 bits per heavy atom. The number of rotatable bonds is 2. The van der Waals surface area contributed by atoms with Crippen LogP contribution in [-0.4, -0.2) is 24.0 Å². The Hall–Kier alpha value is -0.570. The number of likely N-dealkylation sites (tertiary alicyclic amines) is 1. The van der Waals surface area contributed by atoms with Crippen molar-refractivity contribution in [2.24, 2.45) is 5.73 Å². The van der Waals surface area contributed by atoms with Crippen molar-refractivity contribution in [3.63, 3.8) is 0 Å². The van der Waals surface area contributed by atoms with E-state index in [0.717, 1.165) is 31.1 Å². The molecule has 0 radical (unpaired) electrons. The van der Waals surface area contributed by atoms with Crippen LogP contribution < -0.4 is 5.73 Å². The first-order valence-electron chi connectivity index (χ1n) is 5.89. The van der Waals surface area contributed by atoms with Crippen molar-refractivity contribution < 1.29 is 0 Å². The minimum absolute atomic E-state index is 0.341. The Labute approximate surface area is 102 Å². The fourth-order valence-corrected chi connectivity index (χ4v) is 2.49. The van der Waals surface area contributed by atoms with Gasteiger partial charge < -0.3 is 5.73 Å².